The summed E-state index contributed by atoms with van der Waals surface area (Å²) in [6.07, 6.45) is 1.29. The highest BCUT2D eigenvalue weighted by Crippen LogP contribution is 2.45. The molecule has 5 nitrogen and oxygen atoms in total. The molecular formula is C10H13NO4S. The van der Waals surface area contributed by atoms with Crippen LogP contribution in [0.1, 0.15) is 30.8 Å². The molecule has 1 aromatic rings. The van der Waals surface area contributed by atoms with E-state index >= 15 is 0 Å². The van der Waals surface area contributed by atoms with Crippen LogP contribution in [-0.4, -0.2) is 20.7 Å². The van der Waals surface area contributed by atoms with Crippen LogP contribution in [0.4, 0.5) is 0 Å². The van der Waals surface area contributed by atoms with Crippen molar-refractivity contribution in [3.05, 3.63) is 17.9 Å². The molecule has 0 radical (unpaired) electrons. The van der Waals surface area contributed by atoms with E-state index in [0.717, 1.165) is 6.42 Å². The van der Waals surface area contributed by atoms with Crippen LogP contribution in [0, 0.1) is 5.41 Å². The van der Waals surface area contributed by atoms with Crippen LogP contribution in [0.25, 0.3) is 0 Å². The van der Waals surface area contributed by atoms with Gasteiger partial charge in [0, 0.05) is 6.04 Å². The fourth-order valence-corrected chi connectivity index (χ4v) is 2.80. The monoisotopic (exact) mass is 243 g/mol. The summed E-state index contributed by atoms with van der Waals surface area (Å²) in [4.78, 5) is 10.4. The molecule has 6 heteroatoms. The van der Waals surface area contributed by atoms with E-state index in [1.807, 2.05) is 13.8 Å². The molecule has 1 fully saturated rings. The number of rotatable bonds is 4. The van der Waals surface area contributed by atoms with Crippen molar-refractivity contribution < 1.29 is 17.6 Å². The minimum atomic E-state index is -3.63. The Balaban J connectivity index is 2.16. The number of carbonyl (C=O) groups is 1. The molecule has 2 rings (SSSR count). The highest BCUT2D eigenvalue weighted by Gasteiger charge is 2.48. The summed E-state index contributed by atoms with van der Waals surface area (Å²) in [7, 11) is -3.63. The third-order valence-corrected chi connectivity index (χ3v) is 4.14. The zero-order valence-electron chi connectivity index (χ0n) is 9.06. The molecule has 1 aliphatic rings. The minimum absolute atomic E-state index is 0.00710. The predicted molar refractivity (Wildman–Crippen MR) is 56.6 cm³/mol. The first-order valence-electron chi connectivity index (χ1n) is 4.92. The lowest BCUT2D eigenvalue weighted by Gasteiger charge is -2.05. The van der Waals surface area contributed by atoms with Crippen LogP contribution in [0.3, 0.4) is 0 Å². The zero-order chi connectivity index (χ0) is 12.0. The second-order valence-corrected chi connectivity index (χ2v) is 6.29. The number of hydrogen-bond donors (Lipinski definition) is 1. The van der Waals surface area contributed by atoms with Gasteiger partial charge in [-0.05, 0) is 24.0 Å². The molecule has 0 aromatic carbocycles. The standard InChI is InChI=1S/C10H13NO4S/c1-10(2)5-8(10)11-16(13,14)9-4-3-7(6-12)15-9/h3-4,6,8,11H,5H2,1-2H3. The van der Waals surface area contributed by atoms with E-state index in [1.54, 1.807) is 0 Å². The van der Waals surface area contributed by atoms with E-state index in [4.69, 9.17) is 4.42 Å². The van der Waals surface area contributed by atoms with Gasteiger partial charge in [-0.2, -0.15) is 0 Å². The number of hydrogen-bond acceptors (Lipinski definition) is 4. The van der Waals surface area contributed by atoms with Gasteiger partial charge < -0.3 is 4.42 Å². The van der Waals surface area contributed by atoms with E-state index in [0.29, 0.717) is 6.29 Å². The number of furan rings is 1. The summed E-state index contributed by atoms with van der Waals surface area (Å²) >= 11 is 0. The molecule has 1 atom stereocenters. The second kappa shape index (κ2) is 3.43. The Hall–Kier alpha value is -1.14. The molecule has 1 heterocycles. The van der Waals surface area contributed by atoms with Crippen LogP contribution >= 0.6 is 0 Å². The normalized spacial score (nSPS) is 23.0. The first-order valence-corrected chi connectivity index (χ1v) is 6.41. The van der Waals surface area contributed by atoms with Gasteiger partial charge in [0.1, 0.15) is 0 Å². The molecule has 0 bridgehead atoms. The topological polar surface area (TPSA) is 76.4 Å². The highest BCUT2D eigenvalue weighted by atomic mass is 32.2. The number of sulfonamides is 1. The van der Waals surface area contributed by atoms with Crippen molar-refractivity contribution in [2.75, 3.05) is 0 Å². The maximum Gasteiger partial charge on any atom is 0.274 e. The van der Waals surface area contributed by atoms with E-state index in [9.17, 15) is 13.2 Å². The summed E-state index contributed by atoms with van der Waals surface area (Å²) in [6, 6.07) is 2.56. The molecule has 1 saturated carbocycles. The first kappa shape index (κ1) is 11.3. The Morgan fingerprint density at radius 3 is 2.56 bits per heavy atom. The average molecular weight is 243 g/mol. The molecule has 0 spiro atoms. The number of carbonyl (C=O) groups excluding carboxylic acids is 1. The van der Waals surface area contributed by atoms with Gasteiger partial charge in [0.15, 0.2) is 12.0 Å². The molecule has 0 aliphatic heterocycles. The van der Waals surface area contributed by atoms with Crippen molar-refractivity contribution in [1.29, 1.82) is 0 Å². The van der Waals surface area contributed by atoms with Crippen LogP contribution in [0.5, 0.6) is 0 Å². The number of aldehydes is 1. The minimum Gasteiger partial charge on any atom is -0.440 e. The summed E-state index contributed by atoms with van der Waals surface area (Å²) in [5.74, 6) is 0.00966. The lowest BCUT2D eigenvalue weighted by atomic mass is 10.2. The molecule has 1 aliphatic carbocycles. The van der Waals surface area contributed by atoms with Crippen LogP contribution in [-0.2, 0) is 10.0 Å². The van der Waals surface area contributed by atoms with Crippen LogP contribution < -0.4 is 4.72 Å². The second-order valence-electron chi connectivity index (χ2n) is 4.64. The van der Waals surface area contributed by atoms with Gasteiger partial charge in [0.2, 0.25) is 5.09 Å². The lowest BCUT2D eigenvalue weighted by Crippen LogP contribution is -2.28. The molecule has 0 amide bonds. The number of nitrogens with one attached hydrogen (secondary N) is 1. The Kier molecular flexibility index (Phi) is 2.43. The average Bonchev–Trinajstić information content (AvgIpc) is 2.68. The van der Waals surface area contributed by atoms with E-state index in [-0.39, 0.29) is 22.3 Å². The van der Waals surface area contributed by atoms with Crippen molar-refractivity contribution in [1.82, 2.24) is 4.72 Å². The first-order chi connectivity index (χ1) is 7.35. The molecule has 1 N–H and O–H groups in total. The van der Waals surface area contributed by atoms with Gasteiger partial charge in [-0.1, -0.05) is 13.8 Å². The fourth-order valence-electron chi connectivity index (χ4n) is 1.46. The van der Waals surface area contributed by atoms with Gasteiger partial charge in [-0.15, -0.1) is 0 Å². The Morgan fingerprint density at radius 2 is 2.12 bits per heavy atom. The fraction of sp³-hybridized carbons (Fsp3) is 0.500. The van der Waals surface area contributed by atoms with Gasteiger partial charge in [0.25, 0.3) is 10.0 Å². The van der Waals surface area contributed by atoms with E-state index in [1.165, 1.54) is 12.1 Å². The molecular weight excluding hydrogens is 230 g/mol. The third-order valence-electron chi connectivity index (χ3n) is 2.79. The van der Waals surface area contributed by atoms with Gasteiger partial charge in [-0.3, -0.25) is 4.79 Å². The van der Waals surface area contributed by atoms with E-state index < -0.39 is 10.0 Å². The Bertz CT molecular complexity index is 515. The summed E-state index contributed by atoms with van der Waals surface area (Å²) in [5, 5.41) is -0.211. The summed E-state index contributed by atoms with van der Waals surface area (Å²) < 4.78 is 31.0. The van der Waals surface area contributed by atoms with Gasteiger partial charge in [-0.25, -0.2) is 13.1 Å². The maximum atomic E-state index is 11.8. The van der Waals surface area contributed by atoms with Crippen LogP contribution in [0.15, 0.2) is 21.6 Å². The third kappa shape index (κ3) is 2.03. The highest BCUT2D eigenvalue weighted by molar-refractivity contribution is 7.89. The summed E-state index contributed by atoms with van der Waals surface area (Å²) in [6.45, 7) is 3.97. The molecule has 16 heavy (non-hydrogen) atoms. The SMILES string of the molecule is CC1(C)CC1NS(=O)(=O)c1ccc(C=O)o1. The lowest BCUT2D eigenvalue weighted by molar-refractivity contribution is 0.109. The molecule has 0 saturated heterocycles. The smallest absolute Gasteiger partial charge is 0.274 e. The van der Waals surface area contributed by atoms with Crippen molar-refractivity contribution in [2.24, 2.45) is 5.41 Å². The van der Waals surface area contributed by atoms with Gasteiger partial charge in [0.05, 0.1) is 0 Å². The quantitative estimate of drug-likeness (QED) is 0.805. The maximum absolute atomic E-state index is 11.8. The Labute approximate surface area is 93.9 Å². The van der Waals surface area contributed by atoms with Crippen molar-refractivity contribution >= 4 is 16.3 Å². The zero-order valence-corrected chi connectivity index (χ0v) is 9.87. The van der Waals surface area contributed by atoms with Crippen molar-refractivity contribution in [3.8, 4) is 0 Å². The van der Waals surface area contributed by atoms with Crippen molar-refractivity contribution in [3.63, 3.8) is 0 Å². The molecule has 1 unspecified atom stereocenters. The predicted octanol–water partition coefficient (Wildman–Crippen LogP) is 1.17. The van der Waals surface area contributed by atoms with Gasteiger partial charge >= 0.3 is 0 Å². The van der Waals surface area contributed by atoms with Crippen molar-refractivity contribution in [2.45, 2.75) is 31.4 Å². The van der Waals surface area contributed by atoms with E-state index in [2.05, 4.69) is 4.72 Å². The largest absolute Gasteiger partial charge is 0.440 e. The summed E-state index contributed by atoms with van der Waals surface area (Å²) in [5.41, 5.74) is 0.00710. The molecule has 1 aromatic heterocycles. The molecule has 88 valence electrons. The Morgan fingerprint density at radius 1 is 1.50 bits per heavy atom. The van der Waals surface area contributed by atoms with Crippen LogP contribution in [0.2, 0.25) is 0 Å².